The Labute approximate surface area is 96.4 Å². The van der Waals surface area contributed by atoms with Crippen LogP contribution in [-0.4, -0.2) is 33.3 Å². The lowest BCUT2D eigenvalue weighted by Crippen LogP contribution is -2.25. The lowest BCUT2D eigenvalue weighted by molar-refractivity contribution is 0.414. The number of anilines is 1. The summed E-state index contributed by atoms with van der Waals surface area (Å²) in [5, 5.41) is 3.47. The zero-order valence-corrected chi connectivity index (χ0v) is 9.65. The molecule has 0 spiro atoms. The SMILES string of the molecule is COc1ccccc1N1C[C@H]2CNC[C@H]2C1. The van der Waals surface area contributed by atoms with Gasteiger partial charge >= 0.3 is 0 Å². The van der Waals surface area contributed by atoms with Crippen molar-refractivity contribution in [1.82, 2.24) is 5.32 Å². The van der Waals surface area contributed by atoms with Crippen molar-refractivity contribution in [3.63, 3.8) is 0 Å². The van der Waals surface area contributed by atoms with Gasteiger partial charge in [0.1, 0.15) is 5.75 Å². The van der Waals surface area contributed by atoms with Crippen LogP contribution in [0.2, 0.25) is 0 Å². The van der Waals surface area contributed by atoms with Gasteiger partial charge in [-0.3, -0.25) is 0 Å². The quantitative estimate of drug-likeness (QED) is 0.811. The molecule has 2 atom stereocenters. The highest BCUT2D eigenvalue weighted by atomic mass is 16.5. The average molecular weight is 218 g/mol. The van der Waals surface area contributed by atoms with Crippen molar-refractivity contribution in [3.8, 4) is 5.75 Å². The third-order valence-corrected chi connectivity index (χ3v) is 3.82. The van der Waals surface area contributed by atoms with Gasteiger partial charge in [0, 0.05) is 26.2 Å². The summed E-state index contributed by atoms with van der Waals surface area (Å²) in [6, 6.07) is 8.32. The Morgan fingerprint density at radius 1 is 1.19 bits per heavy atom. The molecule has 0 radical (unpaired) electrons. The van der Waals surface area contributed by atoms with Gasteiger partial charge in [0.2, 0.25) is 0 Å². The number of para-hydroxylation sites is 2. The third kappa shape index (κ3) is 1.55. The molecule has 1 aromatic carbocycles. The van der Waals surface area contributed by atoms with Crippen molar-refractivity contribution in [3.05, 3.63) is 24.3 Å². The zero-order valence-electron chi connectivity index (χ0n) is 9.65. The van der Waals surface area contributed by atoms with E-state index in [4.69, 9.17) is 4.74 Å². The summed E-state index contributed by atoms with van der Waals surface area (Å²) in [5.41, 5.74) is 1.25. The van der Waals surface area contributed by atoms with Gasteiger partial charge in [-0.25, -0.2) is 0 Å². The maximum Gasteiger partial charge on any atom is 0.142 e. The standard InChI is InChI=1S/C13H18N2O/c1-16-13-5-3-2-4-12(13)15-8-10-6-14-7-11(10)9-15/h2-5,10-11,14H,6-9H2,1H3/t10-,11+. The molecule has 1 aromatic rings. The molecule has 0 amide bonds. The van der Waals surface area contributed by atoms with Crippen molar-refractivity contribution >= 4 is 5.69 Å². The Bertz CT molecular complexity index is 368. The summed E-state index contributed by atoms with van der Waals surface area (Å²) in [7, 11) is 1.75. The van der Waals surface area contributed by atoms with Gasteiger partial charge in [0.05, 0.1) is 12.8 Å². The molecule has 2 aliphatic rings. The van der Waals surface area contributed by atoms with E-state index in [2.05, 4.69) is 22.3 Å². The lowest BCUT2D eigenvalue weighted by atomic mass is 10.0. The Kier molecular flexibility index (Phi) is 2.48. The number of ether oxygens (including phenoxy) is 1. The van der Waals surface area contributed by atoms with E-state index in [0.29, 0.717) is 0 Å². The van der Waals surface area contributed by atoms with Crippen molar-refractivity contribution in [2.45, 2.75) is 0 Å². The van der Waals surface area contributed by atoms with E-state index in [1.54, 1.807) is 7.11 Å². The molecule has 16 heavy (non-hydrogen) atoms. The van der Waals surface area contributed by atoms with Gasteiger partial charge in [0.15, 0.2) is 0 Å². The summed E-state index contributed by atoms with van der Waals surface area (Å²) in [5.74, 6) is 2.64. The number of nitrogens with zero attached hydrogens (tertiary/aromatic N) is 1. The zero-order chi connectivity index (χ0) is 11.0. The second-order valence-electron chi connectivity index (χ2n) is 4.76. The predicted octanol–water partition coefficient (Wildman–Crippen LogP) is 1.35. The first-order valence-electron chi connectivity index (χ1n) is 5.97. The Morgan fingerprint density at radius 3 is 2.56 bits per heavy atom. The van der Waals surface area contributed by atoms with Crippen LogP contribution in [0, 0.1) is 11.8 Å². The van der Waals surface area contributed by atoms with Crippen LogP contribution in [0.1, 0.15) is 0 Å². The number of methoxy groups -OCH3 is 1. The molecule has 2 fully saturated rings. The first-order valence-corrected chi connectivity index (χ1v) is 5.97. The molecule has 0 aromatic heterocycles. The minimum absolute atomic E-state index is 0.824. The topological polar surface area (TPSA) is 24.5 Å². The molecule has 0 unspecified atom stereocenters. The molecule has 2 aliphatic heterocycles. The summed E-state index contributed by atoms with van der Waals surface area (Å²) in [6.45, 7) is 4.68. The van der Waals surface area contributed by atoms with Crippen LogP contribution in [0.3, 0.4) is 0 Å². The Morgan fingerprint density at radius 2 is 1.88 bits per heavy atom. The number of nitrogens with one attached hydrogen (secondary N) is 1. The molecule has 3 heteroatoms. The van der Waals surface area contributed by atoms with Crippen LogP contribution in [0.25, 0.3) is 0 Å². The Balaban J connectivity index is 1.83. The van der Waals surface area contributed by atoms with Crippen LogP contribution in [0.5, 0.6) is 5.75 Å². The first-order chi connectivity index (χ1) is 7.88. The lowest BCUT2D eigenvalue weighted by Gasteiger charge is -2.22. The van der Waals surface area contributed by atoms with E-state index in [9.17, 15) is 0 Å². The fourth-order valence-corrected chi connectivity index (χ4v) is 2.94. The van der Waals surface area contributed by atoms with Crippen molar-refractivity contribution in [2.75, 3.05) is 38.2 Å². The van der Waals surface area contributed by atoms with Gasteiger partial charge in [-0.2, -0.15) is 0 Å². The molecular formula is C13H18N2O. The number of benzene rings is 1. The maximum atomic E-state index is 5.42. The highest BCUT2D eigenvalue weighted by Gasteiger charge is 2.36. The number of fused-ring (bicyclic) bond motifs is 1. The monoisotopic (exact) mass is 218 g/mol. The van der Waals surface area contributed by atoms with E-state index in [1.807, 2.05) is 12.1 Å². The van der Waals surface area contributed by atoms with Gasteiger partial charge in [-0.05, 0) is 24.0 Å². The molecule has 3 rings (SSSR count). The Hall–Kier alpha value is -1.22. The molecule has 1 N–H and O–H groups in total. The van der Waals surface area contributed by atoms with E-state index in [0.717, 1.165) is 30.7 Å². The van der Waals surface area contributed by atoms with Crippen LogP contribution >= 0.6 is 0 Å². The summed E-state index contributed by atoms with van der Waals surface area (Å²) >= 11 is 0. The summed E-state index contributed by atoms with van der Waals surface area (Å²) < 4.78 is 5.42. The van der Waals surface area contributed by atoms with Crippen LogP contribution in [0.4, 0.5) is 5.69 Å². The smallest absolute Gasteiger partial charge is 0.142 e. The third-order valence-electron chi connectivity index (χ3n) is 3.82. The van der Waals surface area contributed by atoms with E-state index in [1.165, 1.54) is 18.8 Å². The highest BCUT2D eigenvalue weighted by molar-refractivity contribution is 5.59. The maximum absolute atomic E-state index is 5.42. The molecule has 2 saturated heterocycles. The number of rotatable bonds is 2. The van der Waals surface area contributed by atoms with E-state index in [-0.39, 0.29) is 0 Å². The summed E-state index contributed by atoms with van der Waals surface area (Å²) in [4.78, 5) is 2.47. The minimum atomic E-state index is 0.824. The van der Waals surface area contributed by atoms with Gasteiger partial charge < -0.3 is 15.0 Å². The highest BCUT2D eigenvalue weighted by Crippen LogP contribution is 2.35. The van der Waals surface area contributed by atoms with Crippen molar-refractivity contribution in [1.29, 1.82) is 0 Å². The fraction of sp³-hybridized carbons (Fsp3) is 0.538. The van der Waals surface area contributed by atoms with Crippen LogP contribution < -0.4 is 15.0 Å². The number of hydrogen-bond donors (Lipinski definition) is 1. The summed E-state index contributed by atoms with van der Waals surface area (Å²) in [6.07, 6.45) is 0. The molecule has 0 saturated carbocycles. The van der Waals surface area contributed by atoms with E-state index < -0.39 is 0 Å². The largest absolute Gasteiger partial charge is 0.495 e. The molecular weight excluding hydrogens is 200 g/mol. The predicted molar refractivity (Wildman–Crippen MR) is 65.1 cm³/mol. The van der Waals surface area contributed by atoms with Gasteiger partial charge in [0.25, 0.3) is 0 Å². The van der Waals surface area contributed by atoms with Gasteiger partial charge in [-0.15, -0.1) is 0 Å². The molecule has 2 heterocycles. The second-order valence-corrected chi connectivity index (χ2v) is 4.76. The molecule has 3 nitrogen and oxygen atoms in total. The van der Waals surface area contributed by atoms with Crippen LogP contribution in [-0.2, 0) is 0 Å². The first kappa shape index (κ1) is 9.97. The second kappa shape index (κ2) is 3.98. The van der Waals surface area contributed by atoms with Crippen molar-refractivity contribution in [2.24, 2.45) is 11.8 Å². The van der Waals surface area contributed by atoms with Crippen molar-refractivity contribution < 1.29 is 4.74 Å². The van der Waals surface area contributed by atoms with Gasteiger partial charge in [-0.1, -0.05) is 12.1 Å². The minimum Gasteiger partial charge on any atom is -0.495 e. The van der Waals surface area contributed by atoms with Crippen LogP contribution in [0.15, 0.2) is 24.3 Å². The molecule has 86 valence electrons. The fourth-order valence-electron chi connectivity index (χ4n) is 2.94. The molecule has 0 aliphatic carbocycles. The van der Waals surface area contributed by atoms with E-state index >= 15 is 0 Å². The number of hydrogen-bond acceptors (Lipinski definition) is 3. The average Bonchev–Trinajstić information content (AvgIpc) is 2.89. The molecule has 0 bridgehead atoms. The normalized spacial score (nSPS) is 28.2.